The smallest absolute Gasteiger partial charge is 0.171 e. The van der Waals surface area contributed by atoms with Gasteiger partial charge in [0.05, 0.1) is 5.69 Å². The molecule has 0 aromatic heterocycles. The molecule has 4 aromatic carbocycles. The number of nitrogens with zero attached hydrogens (tertiary/aromatic N) is 3. The molecule has 4 heterocycles. The van der Waals surface area contributed by atoms with E-state index in [2.05, 4.69) is 173 Å². The monoisotopic (exact) mass is 889 g/mol. The van der Waals surface area contributed by atoms with Crippen molar-refractivity contribution in [3.8, 4) is 5.75 Å². The molecule has 0 saturated heterocycles. The molecule has 68 heavy (non-hydrogen) atoms. The number of allylic oxidation sites excluding steroid dienone is 10. The normalized spacial score (nSPS) is 24.9. The first-order valence-corrected chi connectivity index (χ1v) is 25.5. The van der Waals surface area contributed by atoms with E-state index in [1.165, 1.54) is 107 Å². The van der Waals surface area contributed by atoms with Gasteiger partial charge in [-0.1, -0.05) is 135 Å². The van der Waals surface area contributed by atoms with Gasteiger partial charge in [-0.05, 0) is 151 Å². The molecule has 0 spiro atoms. The Bertz CT molecular complexity index is 3040. The lowest BCUT2D eigenvalue weighted by molar-refractivity contribution is 0.268. The zero-order valence-corrected chi connectivity index (χ0v) is 38.8. The van der Waals surface area contributed by atoms with Crippen molar-refractivity contribution < 1.29 is 4.74 Å². The molecule has 6 heteroatoms. The summed E-state index contributed by atoms with van der Waals surface area (Å²) in [6.45, 7) is 0.710. The van der Waals surface area contributed by atoms with Crippen molar-refractivity contribution in [2.45, 2.75) is 107 Å². The van der Waals surface area contributed by atoms with Crippen molar-refractivity contribution in [3.63, 3.8) is 0 Å². The average molecular weight is 890 g/mol. The number of hydrogen-bond acceptors (Lipinski definition) is 6. The van der Waals surface area contributed by atoms with E-state index in [1.807, 2.05) is 0 Å². The number of anilines is 2. The molecule has 4 aromatic rings. The predicted octanol–water partition coefficient (Wildman–Crippen LogP) is 14.1. The SMILES string of the molecule is C1=CCCC(c2ccc(C3CCCCC3)cc2C2=CC(C3N=C(C4=CCCCC4)NC(c4ccccc4)=N3)=C(C3=CC4c5cc6c(cc5OC4C=C3)C3CC=CC=C3N6c3ccccc3)NC2)=C1. The van der Waals surface area contributed by atoms with E-state index in [0.29, 0.717) is 18.4 Å². The number of nitrogens with one attached hydrogen (secondary N) is 2. The first-order chi connectivity index (χ1) is 33.7. The summed E-state index contributed by atoms with van der Waals surface area (Å²) < 4.78 is 6.88. The van der Waals surface area contributed by atoms with E-state index in [-0.39, 0.29) is 12.0 Å². The molecule has 4 aliphatic heterocycles. The standard InChI is InChI=1S/C62H59N5O/c1-6-18-40(19-7-1)44-30-32-48(41-20-8-2-9-21-41)50(34-44)46-36-54(62-65-60(42-22-10-3-11-23-42)64-61(66-62)43-24-12-4-13-25-43)59(63-39-46)45-31-33-57-52(35-45)53-37-56-51(38-58(53)68-57)49-28-16-17-29-55(49)67(56)47-26-14-5-15-27-47/h2-3,5,8,10-11,14-17,20,22-24,26-27,29-38,40,49,52,57,62-63H,1,4,6-7,9,12-13,18-19,21,25,28,39H2,(H,64,65,66). The molecule has 338 valence electrons. The molecule has 1 fully saturated rings. The van der Waals surface area contributed by atoms with Crippen molar-refractivity contribution in [2.24, 2.45) is 9.98 Å². The summed E-state index contributed by atoms with van der Waals surface area (Å²) >= 11 is 0. The van der Waals surface area contributed by atoms with Crippen LogP contribution in [0, 0.1) is 0 Å². The minimum Gasteiger partial charge on any atom is -0.485 e. The van der Waals surface area contributed by atoms with E-state index < -0.39 is 6.17 Å². The van der Waals surface area contributed by atoms with Gasteiger partial charge in [-0.2, -0.15) is 0 Å². The number of dihydropyridines is 1. The van der Waals surface area contributed by atoms with E-state index in [9.17, 15) is 0 Å². The highest BCUT2D eigenvalue weighted by Gasteiger charge is 2.41. The molecular formula is C62H59N5O. The second-order valence-electron chi connectivity index (χ2n) is 20.0. The highest BCUT2D eigenvalue weighted by Crippen LogP contribution is 2.55. The minimum absolute atomic E-state index is 0.0523. The molecule has 6 nitrogen and oxygen atoms in total. The number of rotatable bonds is 8. The Morgan fingerprint density at radius 1 is 0.706 bits per heavy atom. The molecule has 0 bridgehead atoms. The van der Waals surface area contributed by atoms with Crippen molar-refractivity contribution in [1.29, 1.82) is 0 Å². The van der Waals surface area contributed by atoms with Crippen LogP contribution in [-0.2, 0) is 0 Å². The number of ether oxygens (including phenoxy) is 1. The Balaban J connectivity index is 0.966. The van der Waals surface area contributed by atoms with E-state index in [0.717, 1.165) is 71.9 Å². The Morgan fingerprint density at radius 2 is 1.56 bits per heavy atom. The van der Waals surface area contributed by atoms with Gasteiger partial charge in [-0.3, -0.25) is 0 Å². The molecule has 1 saturated carbocycles. The lowest BCUT2D eigenvalue weighted by Crippen LogP contribution is -2.39. The molecule has 5 aliphatic carbocycles. The zero-order chi connectivity index (χ0) is 45.0. The van der Waals surface area contributed by atoms with Crippen LogP contribution in [0.25, 0.3) is 11.1 Å². The summed E-state index contributed by atoms with van der Waals surface area (Å²) in [5.74, 6) is 3.79. The second-order valence-corrected chi connectivity index (χ2v) is 20.0. The summed E-state index contributed by atoms with van der Waals surface area (Å²) in [4.78, 5) is 13.6. The summed E-state index contributed by atoms with van der Waals surface area (Å²) in [5, 5.41) is 7.83. The molecule has 4 unspecified atom stereocenters. The second kappa shape index (κ2) is 17.6. The van der Waals surface area contributed by atoms with Gasteiger partial charge in [0.2, 0.25) is 0 Å². The molecule has 0 amide bonds. The molecule has 9 aliphatic rings. The fraction of sp³-hybridized carbons (Fsp3) is 0.290. The average Bonchev–Trinajstić information content (AvgIpc) is 3.95. The molecule has 0 radical (unpaired) electrons. The first kappa shape index (κ1) is 41.3. The highest BCUT2D eigenvalue weighted by molar-refractivity contribution is 6.16. The Morgan fingerprint density at radius 3 is 2.40 bits per heavy atom. The summed E-state index contributed by atoms with van der Waals surface area (Å²) in [7, 11) is 0. The molecular weight excluding hydrogens is 831 g/mol. The third kappa shape index (κ3) is 7.49. The van der Waals surface area contributed by atoms with Gasteiger partial charge in [-0.25, -0.2) is 9.98 Å². The van der Waals surface area contributed by atoms with Crippen molar-refractivity contribution >= 4 is 34.2 Å². The molecule has 2 N–H and O–H groups in total. The number of fused-ring (bicyclic) bond motifs is 6. The van der Waals surface area contributed by atoms with Gasteiger partial charge in [0.25, 0.3) is 0 Å². The van der Waals surface area contributed by atoms with Gasteiger partial charge >= 0.3 is 0 Å². The molecule has 4 atom stereocenters. The summed E-state index contributed by atoms with van der Waals surface area (Å²) in [5.41, 5.74) is 19.0. The first-order valence-electron chi connectivity index (χ1n) is 25.5. The van der Waals surface area contributed by atoms with Crippen LogP contribution in [0.2, 0.25) is 0 Å². The van der Waals surface area contributed by atoms with Crippen LogP contribution in [0.15, 0.2) is 196 Å². The number of para-hydroxylation sites is 1. The number of hydrogen-bond donors (Lipinski definition) is 2. The Labute approximate surface area is 401 Å². The summed E-state index contributed by atoms with van der Waals surface area (Å²) in [6, 6.07) is 33.7. The van der Waals surface area contributed by atoms with E-state index in [1.54, 1.807) is 0 Å². The fourth-order valence-electron chi connectivity index (χ4n) is 12.3. The van der Waals surface area contributed by atoms with Crippen LogP contribution >= 0.6 is 0 Å². The third-order valence-electron chi connectivity index (χ3n) is 15.8. The topological polar surface area (TPSA) is 61.3 Å². The van der Waals surface area contributed by atoms with Crippen LogP contribution in [0.5, 0.6) is 5.75 Å². The van der Waals surface area contributed by atoms with Gasteiger partial charge in [-0.15, -0.1) is 0 Å². The maximum Gasteiger partial charge on any atom is 0.171 e. The zero-order valence-electron chi connectivity index (χ0n) is 38.8. The van der Waals surface area contributed by atoms with E-state index >= 15 is 0 Å². The van der Waals surface area contributed by atoms with Crippen molar-refractivity contribution in [2.75, 3.05) is 11.4 Å². The predicted molar refractivity (Wildman–Crippen MR) is 279 cm³/mol. The van der Waals surface area contributed by atoms with Crippen LogP contribution in [-0.4, -0.2) is 30.5 Å². The Kier molecular flexibility index (Phi) is 10.7. The van der Waals surface area contributed by atoms with Crippen LogP contribution < -0.4 is 20.3 Å². The number of aliphatic imine (C=N–C) groups is 2. The van der Waals surface area contributed by atoms with Crippen molar-refractivity contribution in [1.82, 2.24) is 10.6 Å². The lowest BCUT2D eigenvalue weighted by atomic mass is 9.80. The van der Waals surface area contributed by atoms with E-state index in [4.69, 9.17) is 14.7 Å². The highest BCUT2D eigenvalue weighted by atomic mass is 16.5. The fourth-order valence-corrected chi connectivity index (χ4v) is 12.3. The number of benzene rings is 4. The van der Waals surface area contributed by atoms with Crippen LogP contribution in [0.1, 0.15) is 128 Å². The minimum atomic E-state index is -0.462. The maximum absolute atomic E-state index is 6.88. The van der Waals surface area contributed by atoms with Gasteiger partial charge in [0.1, 0.15) is 23.5 Å². The summed E-state index contributed by atoms with van der Waals surface area (Å²) in [6.07, 6.45) is 39.2. The van der Waals surface area contributed by atoms with Gasteiger partial charge in [0.15, 0.2) is 6.17 Å². The van der Waals surface area contributed by atoms with Crippen molar-refractivity contribution in [3.05, 3.63) is 219 Å². The Hall–Kier alpha value is -6.92. The van der Waals surface area contributed by atoms with Crippen LogP contribution in [0.4, 0.5) is 11.4 Å². The van der Waals surface area contributed by atoms with Gasteiger partial charge in [0, 0.05) is 52.2 Å². The van der Waals surface area contributed by atoms with Crippen LogP contribution in [0.3, 0.4) is 0 Å². The third-order valence-corrected chi connectivity index (χ3v) is 15.8. The molecule has 13 rings (SSSR count). The quantitative estimate of drug-likeness (QED) is 0.185. The number of amidine groups is 2. The maximum atomic E-state index is 6.88. The van der Waals surface area contributed by atoms with Gasteiger partial charge < -0.3 is 20.3 Å². The lowest BCUT2D eigenvalue weighted by Gasteiger charge is -2.31. The largest absolute Gasteiger partial charge is 0.485 e.